The summed E-state index contributed by atoms with van der Waals surface area (Å²) in [5.74, 6) is 0. The summed E-state index contributed by atoms with van der Waals surface area (Å²) >= 11 is 0. The van der Waals surface area contributed by atoms with Gasteiger partial charge in [-0.3, -0.25) is 4.98 Å². The van der Waals surface area contributed by atoms with Gasteiger partial charge >= 0.3 is 0 Å². The monoisotopic (exact) mass is 224 g/mol. The SMILES string of the molecule is CCCOCCOCc1ccc(CN)cn1. The van der Waals surface area contributed by atoms with Gasteiger partial charge < -0.3 is 15.2 Å². The van der Waals surface area contributed by atoms with Crippen LogP contribution in [0.3, 0.4) is 0 Å². The van der Waals surface area contributed by atoms with Crippen molar-refractivity contribution in [2.75, 3.05) is 19.8 Å². The summed E-state index contributed by atoms with van der Waals surface area (Å²) in [6, 6.07) is 3.91. The van der Waals surface area contributed by atoms with Gasteiger partial charge in [0, 0.05) is 19.3 Å². The zero-order valence-electron chi connectivity index (χ0n) is 9.82. The molecule has 16 heavy (non-hydrogen) atoms. The predicted molar refractivity (Wildman–Crippen MR) is 62.9 cm³/mol. The lowest BCUT2D eigenvalue weighted by Gasteiger charge is -2.05. The zero-order valence-corrected chi connectivity index (χ0v) is 9.82. The molecule has 0 saturated heterocycles. The quantitative estimate of drug-likeness (QED) is 0.680. The van der Waals surface area contributed by atoms with E-state index in [-0.39, 0.29) is 0 Å². The molecule has 0 aromatic carbocycles. The first kappa shape index (κ1) is 13.1. The molecule has 0 saturated carbocycles. The van der Waals surface area contributed by atoms with Crippen LogP contribution in [-0.2, 0) is 22.6 Å². The van der Waals surface area contributed by atoms with E-state index < -0.39 is 0 Å². The number of nitrogens with two attached hydrogens (primary N) is 1. The standard InChI is InChI=1S/C12H20N2O2/c1-2-5-15-6-7-16-10-12-4-3-11(8-13)9-14-12/h3-4,9H,2,5-8,10,13H2,1H3. The van der Waals surface area contributed by atoms with Crippen molar-refractivity contribution in [1.82, 2.24) is 4.98 Å². The fourth-order valence-electron chi connectivity index (χ4n) is 1.20. The third-order valence-corrected chi connectivity index (χ3v) is 2.09. The van der Waals surface area contributed by atoms with Crippen molar-refractivity contribution >= 4 is 0 Å². The molecule has 2 N–H and O–H groups in total. The van der Waals surface area contributed by atoms with Gasteiger partial charge in [0.1, 0.15) is 0 Å². The molecule has 1 rings (SSSR count). The van der Waals surface area contributed by atoms with E-state index in [0.717, 1.165) is 24.3 Å². The van der Waals surface area contributed by atoms with Gasteiger partial charge in [0.2, 0.25) is 0 Å². The summed E-state index contributed by atoms with van der Waals surface area (Å²) in [6.07, 6.45) is 2.83. The van der Waals surface area contributed by atoms with E-state index in [2.05, 4.69) is 11.9 Å². The lowest BCUT2D eigenvalue weighted by atomic mass is 10.2. The average molecular weight is 224 g/mol. The normalized spacial score (nSPS) is 10.6. The highest BCUT2D eigenvalue weighted by Crippen LogP contribution is 2.00. The Hall–Kier alpha value is -0.970. The molecule has 0 amide bonds. The number of hydrogen-bond acceptors (Lipinski definition) is 4. The van der Waals surface area contributed by atoms with Crippen LogP contribution in [0.2, 0.25) is 0 Å². The molecule has 0 radical (unpaired) electrons. The van der Waals surface area contributed by atoms with Crippen molar-refractivity contribution in [1.29, 1.82) is 0 Å². The van der Waals surface area contributed by atoms with Crippen LogP contribution in [0.25, 0.3) is 0 Å². The number of pyridine rings is 1. The third-order valence-electron chi connectivity index (χ3n) is 2.09. The van der Waals surface area contributed by atoms with Crippen molar-refractivity contribution in [2.45, 2.75) is 26.5 Å². The summed E-state index contributed by atoms with van der Waals surface area (Å²) in [5, 5.41) is 0. The molecule has 4 heteroatoms. The van der Waals surface area contributed by atoms with Gasteiger partial charge in [-0.1, -0.05) is 13.0 Å². The Labute approximate surface area is 96.8 Å². The van der Waals surface area contributed by atoms with Crippen LogP contribution in [0.5, 0.6) is 0 Å². The minimum absolute atomic E-state index is 0.527. The van der Waals surface area contributed by atoms with Gasteiger partial charge in [-0.2, -0.15) is 0 Å². The second-order valence-corrected chi connectivity index (χ2v) is 3.53. The van der Waals surface area contributed by atoms with Gasteiger partial charge in [0.05, 0.1) is 25.5 Å². The van der Waals surface area contributed by atoms with E-state index in [1.807, 2.05) is 12.1 Å². The fraction of sp³-hybridized carbons (Fsp3) is 0.583. The summed E-state index contributed by atoms with van der Waals surface area (Å²) in [4.78, 5) is 4.24. The van der Waals surface area contributed by atoms with Crippen molar-refractivity contribution < 1.29 is 9.47 Å². The minimum Gasteiger partial charge on any atom is -0.379 e. The summed E-state index contributed by atoms with van der Waals surface area (Å²) < 4.78 is 10.7. The largest absolute Gasteiger partial charge is 0.379 e. The fourth-order valence-corrected chi connectivity index (χ4v) is 1.20. The van der Waals surface area contributed by atoms with Gasteiger partial charge in [-0.25, -0.2) is 0 Å². The number of nitrogens with zero attached hydrogens (tertiary/aromatic N) is 1. The number of rotatable bonds is 8. The van der Waals surface area contributed by atoms with E-state index in [4.69, 9.17) is 15.2 Å². The molecule has 4 nitrogen and oxygen atoms in total. The molecule has 0 bridgehead atoms. The van der Waals surface area contributed by atoms with E-state index >= 15 is 0 Å². The number of aromatic nitrogens is 1. The van der Waals surface area contributed by atoms with Crippen molar-refractivity contribution in [3.05, 3.63) is 29.6 Å². The van der Waals surface area contributed by atoms with E-state index in [1.54, 1.807) is 6.20 Å². The van der Waals surface area contributed by atoms with Crippen molar-refractivity contribution in [3.63, 3.8) is 0 Å². The zero-order chi connectivity index (χ0) is 11.6. The van der Waals surface area contributed by atoms with Gasteiger partial charge in [-0.05, 0) is 18.1 Å². The number of ether oxygens (including phenoxy) is 2. The maximum Gasteiger partial charge on any atom is 0.0889 e. The lowest BCUT2D eigenvalue weighted by molar-refractivity contribution is 0.0397. The summed E-state index contributed by atoms with van der Waals surface area (Å²) in [5.41, 5.74) is 7.44. The maximum absolute atomic E-state index is 5.48. The minimum atomic E-state index is 0.527. The van der Waals surface area contributed by atoms with Crippen LogP contribution in [0, 0.1) is 0 Å². The molecule has 1 aromatic rings. The molecule has 1 heterocycles. The Balaban J connectivity index is 2.12. The molecule has 0 unspecified atom stereocenters. The molecule has 0 spiro atoms. The molecule has 0 atom stereocenters. The second-order valence-electron chi connectivity index (χ2n) is 3.53. The topological polar surface area (TPSA) is 57.4 Å². The average Bonchev–Trinajstić information content (AvgIpc) is 2.34. The van der Waals surface area contributed by atoms with Crippen molar-refractivity contribution in [3.8, 4) is 0 Å². The van der Waals surface area contributed by atoms with E-state index in [1.165, 1.54) is 0 Å². The van der Waals surface area contributed by atoms with Crippen LogP contribution in [0.15, 0.2) is 18.3 Å². The highest BCUT2D eigenvalue weighted by Gasteiger charge is 1.95. The Morgan fingerprint density at radius 2 is 2.00 bits per heavy atom. The molecular weight excluding hydrogens is 204 g/mol. The van der Waals surface area contributed by atoms with Crippen molar-refractivity contribution in [2.24, 2.45) is 5.73 Å². The van der Waals surface area contributed by atoms with Crippen LogP contribution >= 0.6 is 0 Å². The molecule has 90 valence electrons. The highest BCUT2D eigenvalue weighted by atomic mass is 16.5. The summed E-state index contributed by atoms with van der Waals surface area (Å²) in [6.45, 7) is 5.20. The summed E-state index contributed by atoms with van der Waals surface area (Å²) in [7, 11) is 0. The maximum atomic E-state index is 5.48. The second kappa shape index (κ2) is 8.21. The first-order chi connectivity index (χ1) is 7.86. The molecule has 0 aliphatic carbocycles. The predicted octanol–water partition coefficient (Wildman–Crippen LogP) is 1.48. The highest BCUT2D eigenvalue weighted by molar-refractivity contribution is 5.13. The first-order valence-corrected chi connectivity index (χ1v) is 5.66. The van der Waals surface area contributed by atoms with Crippen LogP contribution in [-0.4, -0.2) is 24.8 Å². The molecule has 0 fully saturated rings. The molecule has 1 aromatic heterocycles. The van der Waals surface area contributed by atoms with Crippen LogP contribution in [0.4, 0.5) is 0 Å². The lowest BCUT2D eigenvalue weighted by Crippen LogP contribution is -2.06. The van der Waals surface area contributed by atoms with Gasteiger partial charge in [0.15, 0.2) is 0 Å². The van der Waals surface area contributed by atoms with Crippen LogP contribution < -0.4 is 5.73 Å². The van der Waals surface area contributed by atoms with Crippen LogP contribution in [0.1, 0.15) is 24.6 Å². The molecule has 0 aliphatic rings. The first-order valence-electron chi connectivity index (χ1n) is 5.66. The Morgan fingerprint density at radius 3 is 2.62 bits per heavy atom. The van der Waals surface area contributed by atoms with Gasteiger partial charge in [0.25, 0.3) is 0 Å². The molecule has 0 aliphatic heterocycles. The smallest absolute Gasteiger partial charge is 0.0889 e. The molecular formula is C12H20N2O2. The Morgan fingerprint density at radius 1 is 1.19 bits per heavy atom. The van der Waals surface area contributed by atoms with E-state index in [0.29, 0.717) is 26.4 Å². The Bertz CT molecular complexity index is 275. The third kappa shape index (κ3) is 5.21. The van der Waals surface area contributed by atoms with E-state index in [9.17, 15) is 0 Å². The Kier molecular flexibility index (Phi) is 6.72. The van der Waals surface area contributed by atoms with Gasteiger partial charge in [-0.15, -0.1) is 0 Å². The number of hydrogen-bond donors (Lipinski definition) is 1.